The van der Waals surface area contributed by atoms with Gasteiger partial charge in [0.25, 0.3) is 9.12 Å². The van der Waals surface area contributed by atoms with Crippen LogP contribution in [0.1, 0.15) is 53.9 Å². The van der Waals surface area contributed by atoms with Gasteiger partial charge in [0.15, 0.2) is 0 Å². The zero-order valence-corrected chi connectivity index (χ0v) is 13.5. The lowest BCUT2D eigenvalue weighted by Crippen LogP contribution is -2.52. The molecule has 0 N–H and O–H groups in total. The number of hydrogen-bond acceptors (Lipinski definition) is 2. The summed E-state index contributed by atoms with van der Waals surface area (Å²) in [5.74, 6) is 0. The van der Waals surface area contributed by atoms with Crippen LogP contribution in [-0.2, 0) is 0 Å². The Hall–Kier alpha value is -0.123. The molecule has 0 aliphatic heterocycles. The van der Waals surface area contributed by atoms with Crippen molar-refractivity contribution >= 4 is 9.12 Å². The molecule has 101 valence electrons. The summed E-state index contributed by atoms with van der Waals surface area (Å²) >= 11 is 0. The van der Waals surface area contributed by atoms with Gasteiger partial charge in [-0.2, -0.15) is 0 Å². The summed E-state index contributed by atoms with van der Waals surface area (Å²) in [6, 6.07) is 0. The van der Waals surface area contributed by atoms with Gasteiger partial charge in [0.1, 0.15) is 0 Å². The molecule has 3 heteroatoms. The first-order valence-electron chi connectivity index (χ1n) is 7.28. The van der Waals surface area contributed by atoms with E-state index in [4.69, 9.17) is 0 Å². The van der Waals surface area contributed by atoms with Crippen LogP contribution in [0, 0.1) is 0 Å². The second-order valence-corrected chi connectivity index (χ2v) is 6.64. The van der Waals surface area contributed by atoms with Crippen molar-refractivity contribution in [2.45, 2.75) is 53.9 Å². The van der Waals surface area contributed by atoms with Gasteiger partial charge < -0.3 is 9.13 Å². The fourth-order valence-electron chi connectivity index (χ4n) is 2.04. The molecule has 0 aromatic carbocycles. The lowest BCUT2D eigenvalue weighted by Gasteiger charge is -2.34. The van der Waals surface area contributed by atoms with Crippen LogP contribution in [-0.4, -0.2) is 44.4 Å². The third-order valence-electron chi connectivity index (χ3n) is 2.90. The molecule has 0 spiro atoms. The molecule has 0 unspecified atom stereocenters. The van der Waals surface area contributed by atoms with Crippen LogP contribution in [0.15, 0.2) is 11.8 Å². The Morgan fingerprint density at radius 3 is 1.59 bits per heavy atom. The van der Waals surface area contributed by atoms with E-state index in [0.29, 0.717) is 0 Å². The van der Waals surface area contributed by atoms with Crippen LogP contribution in [0.5, 0.6) is 0 Å². The molecule has 1 radical (unpaired) electrons. The van der Waals surface area contributed by atoms with E-state index in [1.165, 1.54) is 39.0 Å². The summed E-state index contributed by atoms with van der Waals surface area (Å²) in [6.07, 6.45) is 6.02. The smallest absolute Gasteiger partial charge is 0.258 e. The van der Waals surface area contributed by atoms with E-state index in [1.807, 2.05) is 0 Å². The van der Waals surface area contributed by atoms with Crippen LogP contribution in [0.25, 0.3) is 0 Å². The summed E-state index contributed by atoms with van der Waals surface area (Å²) in [7, 11) is -0.625. The number of rotatable bonds is 10. The van der Waals surface area contributed by atoms with Gasteiger partial charge in [0, 0.05) is 0 Å². The summed E-state index contributed by atoms with van der Waals surface area (Å²) in [6.45, 7) is 16.2. The average Bonchev–Trinajstić information content (AvgIpc) is 2.36. The Morgan fingerprint density at radius 1 is 0.824 bits per heavy atom. The van der Waals surface area contributed by atoms with Crippen LogP contribution in [0.2, 0.25) is 0 Å². The molecule has 0 saturated heterocycles. The van der Waals surface area contributed by atoms with Gasteiger partial charge in [-0.25, -0.2) is 0 Å². The fourth-order valence-corrected chi connectivity index (χ4v) is 4.86. The zero-order valence-electron chi connectivity index (χ0n) is 12.5. The topological polar surface area (TPSA) is 6.48 Å². The van der Waals surface area contributed by atoms with Crippen LogP contribution in [0.3, 0.4) is 0 Å². The SMILES string of the molecule is CCC=C[Si](N(CC)CCC)N(CC)CCC. The van der Waals surface area contributed by atoms with Crippen molar-refractivity contribution in [3.63, 3.8) is 0 Å². The van der Waals surface area contributed by atoms with E-state index >= 15 is 0 Å². The van der Waals surface area contributed by atoms with Crippen LogP contribution >= 0.6 is 0 Å². The second kappa shape index (κ2) is 11.0. The highest BCUT2D eigenvalue weighted by Gasteiger charge is 2.23. The molecule has 0 heterocycles. The molecular weight excluding hydrogens is 224 g/mol. The van der Waals surface area contributed by atoms with Crippen molar-refractivity contribution in [2.75, 3.05) is 26.2 Å². The predicted molar refractivity (Wildman–Crippen MR) is 80.3 cm³/mol. The predicted octanol–water partition coefficient (Wildman–Crippen LogP) is 3.44. The molecule has 0 amide bonds. The van der Waals surface area contributed by atoms with Gasteiger partial charge >= 0.3 is 0 Å². The highest BCUT2D eigenvalue weighted by Crippen LogP contribution is 2.06. The summed E-state index contributed by atoms with van der Waals surface area (Å²) in [4.78, 5) is 0. The Balaban J connectivity index is 4.73. The lowest BCUT2D eigenvalue weighted by molar-refractivity contribution is 0.365. The molecule has 0 aromatic heterocycles. The highest BCUT2D eigenvalue weighted by molar-refractivity contribution is 6.58. The van der Waals surface area contributed by atoms with E-state index in [2.05, 4.69) is 55.5 Å². The minimum atomic E-state index is -0.625. The monoisotopic (exact) mass is 255 g/mol. The fraction of sp³-hybridized carbons (Fsp3) is 0.857. The van der Waals surface area contributed by atoms with Gasteiger partial charge in [-0.3, -0.25) is 0 Å². The van der Waals surface area contributed by atoms with Crippen molar-refractivity contribution in [3.05, 3.63) is 11.8 Å². The Labute approximate surface area is 110 Å². The molecule has 0 saturated carbocycles. The van der Waals surface area contributed by atoms with Gasteiger partial charge in [0.2, 0.25) is 0 Å². The highest BCUT2D eigenvalue weighted by atomic mass is 28.3. The minimum Gasteiger partial charge on any atom is -0.309 e. The molecule has 0 aliphatic carbocycles. The summed E-state index contributed by atoms with van der Waals surface area (Å²) < 4.78 is 5.35. The van der Waals surface area contributed by atoms with E-state index in [9.17, 15) is 0 Å². The minimum absolute atomic E-state index is 0.625. The van der Waals surface area contributed by atoms with Gasteiger partial charge in [-0.15, -0.1) is 0 Å². The maximum atomic E-state index is 2.68. The molecule has 0 fully saturated rings. The largest absolute Gasteiger partial charge is 0.309 e. The molecule has 0 atom stereocenters. The third kappa shape index (κ3) is 6.39. The zero-order chi connectivity index (χ0) is 13.1. The molecule has 0 bridgehead atoms. The van der Waals surface area contributed by atoms with Crippen LogP contribution in [0.4, 0.5) is 0 Å². The van der Waals surface area contributed by atoms with Crippen molar-refractivity contribution in [3.8, 4) is 0 Å². The Morgan fingerprint density at radius 2 is 1.29 bits per heavy atom. The lowest BCUT2D eigenvalue weighted by atomic mass is 10.5. The van der Waals surface area contributed by atoms with Gasteiger partial charge in [0.05, 0.1) is 0 Å². The van der Waals surface area contributed by atoms with Crippen molar-refractivity contribution in [1.29, 1.82) is 0 Å². The summed E-state index contributed by atoms with van der Waals surface area (Å²) in [5, 5.41) is 0. The first-order chi connectivity index (χ1) is 8.24. The van der Waals surface area contributed by atoms with E-state index in [-0.39, 0.29) is 0 Å². The summed E-state index contributed by atoms with van der Waals surface area (Å²) in [5.41, 5.74) is 2.49. The molecule has 2 nitrogen and oxygen atoms in total. The van der Waals surface area contributed by atoms with Crippen LogP contribution < -0.4 is 0 Å². The number of hydrogen-bond donors (Lipinski definition) is 0. The first kappa shape index (κ1) is 16.9. The second-order valence-electron chi connectivity index (χ2n) is 4.33. The quantitative estimate of drug-likeness (QED) is 0.552. The molecular formula is C14H31N2Si. The van der Waals surface area contributed by atoms with Crippen molar-refractivity contribution < 1.29 is 0 Å². The number of nitrogens with zero attached hydrogens (tertiary/aromatic N) is 2. The maximum absolute atomic E-state index is 2.68. The van der Waals surface area contributed by atoms with Gasteiger partial charge in [-0.05, 0) is 45.4 Å². The molecule has 0 aromatic rings. The third-order valence-corrected chi connectivity index (χ3v) is 5.81. The van der Waals surface area contributed by atoms with E-state index in [0.717, 1.165) is 6.42 Å². The normalized spacial score (nSPS) is 12.5. The van der Waals surface area contributed by atoms with Crippen molar-refractivity contribution in [1.82, 2.24) is 9.13 Å². The first-order valence-corrected chi connectivity index (χ1v) is 8.75. The van der Waals surface area contributed by atoms with Gasteiger partial charge in [-0.1, -0.05) is 46.4 Å². The Kier molecular flexibility index (Phi) is 10.9. The van der Waals surface area contributed by atoms with E-state index < -0.39 is 9.12 Å². The molecule has 0 rings (SSSR count). The maximum Gasteiger partial charge on any atom is 0.258 e. The van der Waals surface area contributed by atoms with E-state index in [1.54, 1.807) is 0 Å². The molecule has 17 heavy (non-hydrogen) atoms. The van der Waals surface area contributed by atoms with Crippen molar-refractivity contribution in [2.24, 2.45) is 0 Å². The number of allylic oxidation sites excluding steroid dienone is 1. The Bertz CT molecular complexity index is 181. The molecule has 0 aliphatic rings. The average molecular weight is 256 g/mol. The standard InChI is InChI=1S/C14H31N2Si/c1-6-11-14-17(15(9-4)12-7-2)16(10-5)13-8-3/h11,14H,6-10,12-13H2,1-5H3.